The van der Waals surface area contributed by atoms with E-state index in [-0.39, 0.29) is 23.8 Å². The minimum absolute atomic E-state index is 0.000251. The van der Waals surface area contributed by atoms with Gasteiger partial charge in [-0.1, -0.05) is 18.2 Å². The highest BCUT2D eigenvalue weighted by molar-refractivity contribution is 7.98. The Morgan fingerprint density at radius 1 is 1.43 bits per heavy atom. The summed E-state index contributed by atoms with van der Waals surface area (Å²) in [4.78, 5) is 23.0. The fourth-order valence-electron chi connectivity index (χ4n) is 2.13. The van der Waals surface area contributed by atoms with E-state index in [1.165, 1.54) is 12.1 Å². The van der Waals surface area contributed by atoms with E-state index in [0.717, 1.165) is 6.42 Å². The van der Waals surface area contributed by atoms with Crippen molar-refractivity contribution in [3.63, 3.8) is 0 Å². The van der Waals surface area contributed by atoms with Crippen LogP contribution in [0, 0.1) is 5.41 Å². The first-order valence-electron chi connectivity index (χ1n) is 6.43. The number of amides is 1. The Morgan fingerprint density at radius 2 is 2.14 bits per heavy atom. The van der Waals surface area contributed by atoms with Gasteiger partial charge in [0.2, 0.25) is 0 Å². The summed E-state index contributed by atoms with van der Waals surface area (Å²) < 4.78 is 29.3. The predicted molar refractivity (Wildman–Crippen MR) is 72.3 cm³/mol. The lowest BCUT2D eigenvalue weighted by molar-refractivity contribution is -0.153. The van der Waals surface area contributed by atoms with E-state index in [1.807, 2.05) is 0 Å². The van der Waals surface area contributed by atoms with Crippen LogP contribution in [-0.4, -0.2) is 29.3 Å². The molecule has 0 aromatic carbocycles. The van der Waals surface area contributed by atoms with Gasteiger partial charge in [-0.3, -0.25) is 9.59 Å². The number of furan rings is 1. The molecule has 1 aliphatic carbocycles. The number of carbonyl (C=O) groups is 2. The first-order chi connectivity index (χ1) is 9.93. The molecule has 0 bridgehead atoms. The lowest BCUT2D eigenvalue weighted by Crippen LogP contribution is -2.47. The Bertz CT molecular complexity index is 528. The van der Waals surface area contributed by atoms with E-state index < -0.39 is 23.0 Å². The maximum atomic E-state index is 12.0. The molecule has 2 rings (SSSR count). The van der Waals surface area contributed by atoms with Crippen molar-refractivity contribution in [3.05, 3.63) is 23.7 Å². The molecule has 116 valence electrons. The molecule has 0 radical (unpaired) electrons. The number of nitrogens with one attached hydrogen (secondary N) is 1. The molecule has 0 aliphatic heterocycles. The largest absolute Gasteiger partial charge is 0.481 e. The van der Waals surface area contributed by atoms with Gasteiger partial charge in [-0.25, -0.2) is 0 Å². The quantitative estimate of drug-likeness (QED) is 0.808. The molecule has 0 unspecified atom stereocenters. The van der Waals surface area contributed by atoms with E-state index >= 15 is 0 Å². The van der Waals surface area contributed by atoms with Crippen LogP contribution in [0.2, 0.25) is 0 Å². The van der Waals surface area contributed by atoms with Gasteiger partial charge in [-0.2, -0.15) is 8.78 Å². The smallest absolute Gasteiger partial charge is 0.311 e. The van der Waals surface area contributed by atoms with Crippen LogP contribution in [0.5, 0.6) is 0 Å². The third-order valence-corrected chi connectivity index (χ3v) is 4.29. The topological polar surface area (TPSA) is 79.5 Å². The van der Waals surface area contributed by atoms with Crippen LogP contribution in [0.3, 0.4) is 0 Å². The average molecular weight is 319 g/mol. The number of aliphatic carboxylic acids is 1. The number of hydrogen-bond acceptors (Lipinski definition) is 4. The van der Waals surface area contributed by atoms with Crippen LogP contribution in [-0.2, 0) is 10.5 Å². The summed E-state index contributed by atoms with van der Waals surface area (Å²) in [5.74, 6) is -3.69. The molecule has 2 N–H and O–H groups in total. The van der Waals surface area contributed by atoms with Crippen LogP contribution >= 0.6 is 11.8 Å². The van der Waals surface area contributed by atoms with Crippen molar-refractivity contribution in [1.82, 2.24) is 5.32 Å². The van der Waals surface area contributed by atoms with Gasteiger partial charge in [0.15, 0.2) is 5.76 Å². The minimum atomic E-state index is -2.50. The second-order valence-corrected chi connectivity index (χ2v) is 5.94. The summed E-state index contributed by atoms with van der Waals surface area (Å²) in [7, 11) is 0. The third kappa shape index (κ3) is 3.75. The second-order valence-electron chi connectivity index (χ2n) is 4.96. The maximum absolute atomic E-state index is 12.0. The molecule has 21 heavy (non-hydrogen) atoms. The minimum Gasteiger partial charge on any atom is -0.481 e. The number of carboxylic acid groups (broad SMARTS) is 1. The first kappa shape index (κ1) is 15.8. The Hall–Kier alpha value is -1.57. The molecule has 1 aromatic rings. The number of alkyl halides is 2. The van der Waals surface area contributed by atoms with Crippen molar-refractivity contribution < 1.29 is 27.9 Å². The van der Waals surface area contributed by atoms with Crippen molar-refractivity contribution in [1.29, 1.82) is 0 Å². The Labute approximate surface area is 124 Å². The molecule has 5 nitrogen and oxygen atoms in total. The van der Waals surface area contributed by atoms with Crippen molar-refractivity contribution >= 4 is 23.6 Å². The zero-order valence-electron chi connectivity index (χ0n) is 11.1. The van der Waals surface area contributed by atoms with Crippen LogP contribution in [0.1, 0.15) is 35.6 Å². The number of thioether (sulfide) groups is 1. The molecule has 1 aromatic heterocycles. The highest BCUT2D eigenvalue weighted by Gasteiger charge is 2.44. The SMILES string of the molecule is O=C(NCC1(C(=O)O)CCC1)c1ccc(CSC(F)F)o1. The molecule has 8 heteroatoms. The summed E-state index contributed by atoms with van der Waals surface area (Å²) in [5, 5.41) is 11.7. The van der Waals surface area contributed by atoms with Crippen molar-refractivity contribution in [2.45, 2.75) is 30.8 Å². The number of rotatable bonds is 7. The van der Waals surface area contributed by atoms with Gasteiger partial charge in [0.25, 0.3) is 11.7 Å². The highest BCUT2D eigenvalue weighted by Crippen LogP contribution is 2.40. The second kappa shape index (κ2) is 6.46. The van der Waals surface area contributed by atoms with Crippen LogP contribution < -0.4 is 5.32 Å². The summed E-state index contributed by atoms with van der Waals surface area (Å²) >= 11 is 0.407. The Balaban J connectivity index is 1.87. The van der Waals surface area contributed by atoms with Gasteiger partial charge in [0, 0.05) is 6.54 Å². The number of hydrogen-bond donors (Lipinski definition) is 2. The van der Waals surface area contributed by atoms with Crippen LogP contribution in [0.4, 0.5) is 8.78 Å². The van der Waals surface area contributed by atoms with Crippen LogP contribution in [0.25, 0.3) is 0 Å². The highest BCUT2D eigenvalue weighted by atomic mass is 32.2. The third-order valence-electron chi connectivity index (χ3n) is 3.59. The monoisotopic (exact) mass is 319 g/mol. The molecular weight excluding hydrogens is 304 g/mol. The molecule has 0 saturated heterocycles. The van der Waals surface area contributed by atoms with Gasteiger partial charge in [-0.05, 0) is 25.0 Å². The molecule has 1 aliphatic rings. The first-order valence-corrected chi connectivity index (χ1v) is 7.48. The van der Waals surface area contributed by atoms with E-state index in [1.54, 1.807) is 0 Å². The summed E-state index contributed by atoms with van der Waals surface area (Å²) in [6.07, 6.45) is 1.91. The standard InChI is InChI=1S/C13H15F2NO4S/c14-12(15)21-6-8-2-3-9(20-8)10(17)16-7-13(11(18)19)4-1-5-13/h2-3,12H,1,4-7H2,(H,16,17)(H,18,19). The average Bonchev–Trinajstić information content (AvgIpc) is 2.83. The summed E-state index contributed by atoms with van der Waals surface area (Å²) in [6, 6.07) is 2.85. The van der Waals surface area contributed by atoms with E-state index in [4.69, 9.17) is 9.52 Å². The number of halogens is 2. The normalized spacial score (nSPS) is 16.5. The molecule has 1 heterocycles. The Morgan fingerprint density at radius 3 is 2.67 bits per heavy atom. The fraction of sp³-hybridized carbons (Fsp3) is 0.538. The summed E-state index contributed by atoms with van der Waals surface area (Å²) in [6.45, 7) is 0.0446. The summed E-state index contributed by atoms with van der Waals surface area (Å²) in [5.41, 5.74) is -0.878. The number of carboxylic acids is 1. The number of carbonyl (C=O) groups excluding carboxylic acids is 1. The molecule has 0 spiro atoms. The van der Waals surface area contributed by atoms with E-state index in [0.29, 0.717) is 24.6 Å². The van der Waals surface area contributed by atoms with Gasteiger partial charge in [0.1, 0.15) is 5.76 Å². The van der Waals surface area contributed by atoms with E-state index in [9.17, 15) is 18.4 Å². The van der Waals surface area contributed by atoms with Gasteiger partial charge in [0.05, 0.1) is 11.2 Å². The zero-order chi connectivity index (χ0) is 15.5. The lowest BCUT2D eigenvalue weighted by Gasteiger charge is -2.37. The predicted octanol–water partition coefficient (Wildman–Crippen LogP) is 2.72. The van der Waals surface area contributed by atoms with Gasteiger partial charge in [-0.15, -0.1) is 0 Å². The van der Waals surface area contributed by atoms with Crippen molar-refractivity contribution in [2.24, 2.45) is 5.41 Å². The van der Waals surface area contributed by atoms with E-state index in [2.05, 4.69) is 5.32 Å². The van der Waals surface area contributed by atoms with Gasteiger partial charge >= 0.3 is 5.97 Å². The van der Waals surface area contributed by atoms with Crippen molar-refractivity contribution in [3.8, 4) is 0 Å². The molecule has 1 saturated carbocycles. The van der Waals surface area contributed by atoms with Gasteiger partial charge < -0.3 is 14.8 Å². The molecule has 0 atom stereocenters. The molecular formula is C13H15F2NO4S. The molecule has 1 fully saturated rings. The maximum Gasteiger partial charge on any atom is 0.311 e. The van der Waals surface area contributed by atoms with Crippen LogP contribution in [0.15, 0.2) is 16.5 Å². The lowest BCUT2D eigenvalue weighted by atomic mass is 9.69. The Kier molecular flexibility index (Phi) is 4.87. The molecule has 1 amide bonds. The van der Waals surface area contributed by atoms with Crippen molar-refractivity contribution in [2.75, 3.05) is 6.54 Å². The zero-order valence-corrected chi connectivity index (χ0v) is 11.9. The fourth-order valence-corrected chi connectivity index (χ4v) is 2.57.